The van der Waals surface area contributed by atoms with E-state index in [1.165, 1.54) is 0 Å². The van der Waals surface area contributed by atoms with Crippen molar-refractivity contribution in [3.8, 4) is 5.75 Å². The molecule has 1 aromatic heterocycles. The minimum absolute atomic E-state index is 0.268. The van der Waals surface area contributed by atoms with Crippen LogP contribution in [0.3, 0.4) is 0 Å². The summed E-state index contributed by atoms with van der Waals surface area (Å²) in [7, 11) is 3.20. The molecule has 1 heterocycles. The van der Waals surface area contributed by atoms with Gasteiger partial charge in [0.2, 0.25) is 11.8 Å². The van der Waals surface area contributed by atoms with Gasteiger partial charge in [-0.3, -0.25) is 4.99 Å². The Morgan fingerprint density at radius 1 is 1.22 bits per heavy atom. The Balaban J connectivity index is 2.21. The number of guanidine groups is 1. The van der Waals surface area contributed by atoms with E-state index in [2.05, 4.69) is 4.99 Å². The second-order valence-corrected chi connectivity index (χ2v) is 5.29. The van der Waals surface area contributed by atoms with Crippen LogP contribution in [0.25, 0.3) is 11.0 Å². The number of nitrogens with two attached hydrogens (primary N) is 1. The zero-order valence-corrected chi connectivity index (χ0v) is 13.5. The highest BCUT2D eigenvalue weighted by Gasteiger charge is 2.21. The number of fused-ring (bicyclic) bond motifs is 1. The smallest absolute Gasteiger partial charge is 0.208 e. The monoisotopic (exact) mass is 329 g/mol. The van der Waals surface area contributed by atoms with Crippen LogP contribution in [0.2, 0.25) is 5.02 Å². The molecule has 2 aromatic carbocycles. The number of rotatable bonds is 3. The van der Waals surface area contributed by atoms with Crippen molar-refractivity contribution in [2.24, 2.45) is 10.7 Å². The molecule has 0 atom stereocenters. The van der Waals surface area contributed by atoms with Gasteiger partial charge in [-0.15, -0.1) is 0 Å². The summed E-state index contributed by atoms with van der Waals surface area (Å²) in [5.74, 6) is 1.42. The normalized spacial score (nSPS) is 11.7. The van der Waals surface area contributed by atoms with Crippen molar-refractivity contribution >= 4 is 40.1 Å². The molecule has 3 rings (SSSR count). The lowest BCUT2D eigenvalue weighted by Crippen LogP contribution is -2.33. The highest BCUT2D eigenvalue weighted by molar-refractivity contribution is 6.31. The predicted octanol–water partition coefficient (Wildman–Crippen LogP) is 4.18. The maximum absolute atomic E-state index is 6.14. The maximum Gasteiger partial charge on any atom is 0.208 e. The first-order valence-electron chi connectivity index (χ1n) is 6.98. The molecule has 0 amide bonds. The average Bonchev–Trinajstić information content (AvgIpc) is 2.98. The molecule has 0 bridgehead atoms. The lowest BCUT2D eigenvalue weighted by atomic mass is 10.2. The van der Waals surface area contributed by atoms with Gasteiger partial charge in [-0.25, -0.2) is 4.90 Å². The number of aliphatic imine (C=N–C) groups is 1. The fourth-order valence-electron chi connectivity index (χ4n) is 2.37. The summed E-state index contributed by atoms with van der Waals surface area (Å²) in [6, 6.07) is 14.9. The highest BCUT2D eigenvalue weighted by Crippen LogP contribution is 2.38. The zero-order chi connectivity index (χ0) is 16.4. The fraction of sp³-hybridized carbons (Fsp3) is 0.118. The van der Waals surface area contributed by atoms with E-state index in [0.717, 1.165) is 11.0 Å². The second kappa shape index (κ2) is 6.22. The molecule has 0 fully saturated rings. The molecule has 0 aliphatic rings. The molecule has 5 nitrogen and oxygen atoms in total. The Hall–Kier alpha value is -2.66. The Labute approximate surface area is 138 Å². The van der Waals surface area contributed by atoms with Crippen molar-refractivity contribution in [3.63, 3.8) is 0 Å². The molecule has 6 heteroatoms. The number of ether oxygens (including phenoxy) is 1. The van der Waals surface area contributed by atoms with Gasteiger partial charge in [-0.2, -0.15) is 0 Å². The number of para-hydroxylation sites is 1. The molecular weight excluding hydrogens is 314 g/mol. The Kier molecular flexibility index (Phi) is 4.12. The van der Waals surface area contributed by atoms with Gasteiger partial charge in [0.1, 0.15) is 11.3 Å². The first kappa shape index (κ1) is 15.2. The molecule has 0 saturated carbocycles. The zero-order valence-electron chi connectivity index (χ0n) is 12.8. The molecule has 2 N–H and O–H groups in total. The average molecular weight is 330 g/mol. The minimum atomic E-state index is 0.268. The van der Waals surface area contributed by atoms with Crippen LogP contribution >= 0.6 is 11.6 Å². The molecule has 0 radical (unpaired) electrons. The maximum atomic E-state index is 6.14. The molecule has 3 aromatic rings. The molecule has 118 valence electrons. The van der Waals surface area contributed by atoms with E-state index in [1.807, 2.05) is 30.3 Å². The van der Waals surface area contributed by atoms with Gasteiger partial charge >= 0.3 is 0 Å². The van der Waals surface area contributed by atoms with Crippen LogP contribution in [0, 0.1) is 0 Å². The van der Waals surface area contributed by atoms with Crippen LogP contribution in [-0.4, -0.2) is 20.1 Å². The first-order chi connectivity index (χ1) is 11.1. The van der Waals surface area contributed by atoms with E-state index in [9.17, 15) is 0 Å². The summed E-state index contributed by atoms with van der Waals surface area (Å²) in [6.07, 6.45) is 0. The summed E-state index contributed by atoms with van der Waals surface area (Å²) >= 11 is 6.14. The van der Waals surface area contributed by atoms with Gasteiger partial charge in [0.05, 0.1) is 12.8 Å². The summed E-state index contributed by atoms with van der Waals surface area (Å²) in [6.45, 7) is 0. The molecule has 0 unspecified atom stereocenters. The van der Waals surface area contributed by atoms with Crippen molar-refractivity contribution in [1.29, 1.82) is 0 Å². The lowest BCUT2D eigenvalue weighted by molar-refractivity contribution is 0.415. The van der Waals surface area contributed by atoms with Gasteiger partial charge in [0.25, 0.3) is 0 Å². The third-order valence-electron chi connectivity index (χ3n) is 3.47. The quantitative estimate of drug-likeness (QED) is 0.578. The number of anilines is 2. The summed E-state index contributed by atoms with van der Waals surface area (Å²) in [5.41, 5.74) is 7.51. The van der Waals surface area contributed by atoms with Crippen molar-refractivity contribution in [2.45, 2.75) is 0 Å². The fourth-order valence-corrected chi connectivity index (χ4v) is 2.54. The molecule has 0 aliphatic heterocycles. The van der Waals surface area contributed by atoms with Crippen LogP contribution in [0.5, 0.6) is 5.75 Å². The number of methoxy groups -OCH3 is 1. The van der Waals surface area contributed by atoms with Crippen LogP contribution in [0.15, 0.2) is 57.9 Å². The molecule has 0 aliphatic carbocycles. The summed E-state index contributed by atoms with van der Waals surface area (Å²) in [5, 5.41) is 1.53. The van der Waals surface area contributed by atoms with E-state index < -0.39 is 0 Å². The van der Waals surface area contributed by atoms with Crippen LogP contribution < -0.4 is 15.4 Å². The standard InChI is InChI=1S/C17H16ClN3O2/c1-20-17(19)21(13-10-12(18)7-8-15(13)22-2)16-9-11-5-3-4-6-14(11)23-16/h3-10H,1-2H3,(H2,19,20). The molecule has 23 heavy (non-hydrogen) atoms. The van der Waals surface area contributed by atoms with E-state index in [4.69, 9.17) is 26.5 Å². The number of hydrogen-bond donors (Lipinski definition) is 1. The van der Waals surface area contributed by atoms with Crippen molar-refractivity contribution in [2.75, 3.05) is 19.1 Å². The number of benzene rings is 2. The van der Waals surface area contributed by atoms with Gasteiger partial charge in [-0.1, -0.05) is 29.8 Å². The largest absolute Gasteiger partial charge is 0.495 e. The topological polar surface area (TPSA) is 64.0 Å². The first-order valence-corrected chi connectivity index (χ1v) is 7.36. The van der Waals surface area contributed by atoms with Crippen molar-refractivity contribution in [3.05, 3.63) is 53.6 Å². The number of halogens is 1. The highest BCUT2D eigenvalue weighted by atomic mass is 35.5. The lowest BCUT2D eigenvalue weighted by Gasteiger charge is -2.22. The number of hydrogen-bond acceptors (Lipinski definition) is 3. The van der Waals surface area contributed by atoms with Crippen LogP contribution in [0.4, 0.5) is 11.6 Å². The number of nitrogens with zero attached hydrogens (tertiary/aromatic N) is 2. The Morgan fingerprint density at radius 3 is 2.70 bits per heavy atom. The van der Waals surface area contributed by atoms with E-state index in [1.54, 1.807) is 37.3 Å². The van der Waals surface area contributed by atoms with Crippen molar-refractivity contribution < 1.29 is 9.15 Å². The molecular formula is C17H16ClN3O2. The van der Waals surface area contributed by atoms with E-state index in [-0.39, 0.29) is 5.96 Å². The van der Waals surface area contributed by atoms with E-state index in [0.29, 0.717) is 22.3 Å². The Bertz CT molecular complexity index is 840. The van der Waals surface area contributed by atoms with Gasteiger partial charge in [-0.05, 0) is 24.3 Å². The van der Waals surface area contributed by atoms with Crippen LogP contribution in [0.1, 0.15) is 0 Å². The SMILES string of the molecule is CN=C(N)N(c1cc2ccccc2o1)c1cc(Cl)ccc1OC. The van der Waals surface area contributed by atoms with Gasteiger partial charge < -0.3 is 14.9 Å². The van der Waals surface area contributed by atoms with Gasteiger partial charge in [0, 0.05) is 23.5 Å². The third-order valence-corrected chi connectivity index (χ3v) is 3.71. The van der Waals surface area contributed by atoms with Gasteiger partial charge in [0.15, 0.2) is 0 Å². The third kappa shape index (κ3) is 2.83. The Morgan fingerprint density at radius 2 is 2.00 bits per heavy atom. The van der Waals surface area contributed by atoms with Crippen LogP contribution in [-0.2, 0) is 0 Å². The molecule has 0 spiro atoms. The second-order valence-electron chi connectivity index (χ2n) is 4.86. The minimum Gasteiger partial charge on any atom is -0.495 e. The summed E-state index contributed by atoms with van der Waals surface area (Å²) < 4.78 is 11.3. The van der Waals surface area contributed by atoms with Crippen molar-refractivity contribution in [1.82, 2.24) is 0 Å². The van der Waals surface area contributed by atoms with E-state index >= 15 is 0 Å². The number of furan rings is 1. The summed E-state index contributed by atoms with van der Waals surface area (Å²) in [4.78, 5) is 5.75. The predicted molar refractivity (Wildman–Crippen MR) is 93.9 cm³/mol. The molecule has 0 saturated heterocycles.